The van der Waals surface area contributed by atoms with E-state index in [1.165, 1.54) is 7.11 Å². The van der Waals surface area contributed by atoms with Gasteiger partial charge in [0.2, 0.25) is 5.95 Å². The van der Waals surface area contributed by atoms with E-state index in [4.69, 9.17) is 9.47 Å². The van der Waals surface area contributed by atoms with Crippen molar-refractivity contribution in [2.24, 2.45) is 0 Å². The minimum absolute atomic E-state index is 0.0871. The maximum atomic E-state index is 10.1. The molecule has 0 unspecified atom stereocenters. The standard InChI is InChI=1S/C25H28N6O3/c1-17-14-31(16-26-17)20-11-10-18(12-22(20)33-3)13-23-27-24(29-25(28-23)34-4)30(2)21(15-32)19-8-6-5-7-9-19/h5-12,14,16,21,32H,13,15H2,1-4H3/t21-/m1/s1. The lowest BCUT2D eigenvalue weighted by Crippen LogP contribution is -2.29. The first kappa shape index (κ1) is 23.2. The lowest BCUT2D eigenvalue weighted by molar-refractivity contribution is 0.263. The second-order valence-corrected chi connectivity index (χ2v) is 7.86. The number of hydrogen-bond acceptors (Lipinski definition) is 8. The first-order chi connectivity index (χ1) is 16.5. The summed E-state index contributed by atoms with van der Waals surface area (Å²) in [5.74, 6) is 1.69. The van der Waals surface area contributed by atoms with Crippen LogP contribution < -0.4 is 14.4 Å². The number of likely N-dealkylation sites (N-methyl/N-ethyl adjacent to an activating group) is 1. The van der Waals surface area contributed by atoms with Gasteiger partial charge in [-0.25, -0.2) is 4.98 Å². The van der Waals surface area contributed by atoms with Crippen molar-refractivity contribution in [2.75, 3.05) is 32.8 Å². The van der Waals surface area contributed by atoms with Crippen LogP contribution in [-0.4, -0.2) is 57.5 Å². The summed E-state index contributed by atoms with van der Waals surface area (Å²) >= 11 is 0. The lowest BCUT2D eigenvalue weighted by atomic mass is 10.1. The summed E-state index contributed by atoms with van der Waals surface area (Å²) in [6.45, 7) is 1.86. The van der Waals surface area contributed by atoms with E-state index >= 15 is 0 Å². The number of aryl methyl sites for hydroxylation is 1. The van der Waals surface area contributed by atoms with Crippen molar-refractivity contribution in [3.63, 3.8) is 0 Å². The highest BCUT2D eigenvalue weighted by Gasteiger charge is 2.21. The fraction of sp³-hybridized carbons (Fsp3) is 0.280. The molecule has 0 aliphatic carbocycles. The van der Waals surface area contributed by atoms with Gasteiger partial charge >= 0.3 is 6.01 Å². The van der Waals surface area contributed by atoms with Gasteiger partial charge in [-0.05, 0) is 30.2 Å². The number of aromatic nitrogens is 5. The van der Waals surface area contributed by atoms with Crippen LogP contribution in [0.2, 0.25) is 0 Å². The largest absolute Gasteiger partial charge is 0.495 e. The van der Waals surface area contributed by atoms with Gasteiger partial charge in [-0.2, -0.15) is 15.0 Å². The molecule has 0 aliphatic heterocycles. The Morgan fingerprint density at radius 3 is 2.47 bits per heavy atom. The highest BCUT2D eigenvalue weighted by atomic mass is 16.5. The minimum atomic E-state index is -0.306. The van der Waals surface area contributed by atoms with E-state index in [1.54, 1.807) is 13.4 Å². The summed E-state index contributed by atoms with van der Waals surface area (Å²) in [7, 11) is 5.01. The topological polar surface area (TPSA) is 98.4 Å². The second-order valence-electron chi connectivity index (χ2n) is 7.86. The Bertz CT molecular complexity index is 1240. The van der Waals surface area contributed by atoms with Gasteiger partial charge in [-0.15, -0.1) is 0 Å². The normalized spacial score (nSPS) is 11.8. The van der Waals surface area contributed by atoms with Crippen LogP contribution in [0.15, 0.2) is 61.1 Å². The Morgan fingerprint density at radius 2 is 1.82 bits per heavy atom. The molecule has 2 aromatic heterocycles. The molecule has 176 valence electrons. The van der Waals surface area contributed by atoms with Gasteiger partial charge in [0.1, 0.15) is 11.6 Å². The van der Waals surface area contributed by atoms with Crippen molar-refractivity contribution < 1.29 is 14.6 Å². The molecule has 4 rings (SSSR count). The molecule has 1 atom stereocenters. The fourth-order valence-corrected chi connectivity index (χ4v) is 3.76. The Kier molecular flexibility index (Phi) is 7.03. The van der Waals surface area contributed by atoms with Gasteiger partial charge in [-0.1, -0.05) is 36.4 Å². The number of imidazole rings is 1. The maximum Gasteiger partial charge on any atom is 0.321 e. The van der Waals surface area contributed by atoms with Gasteiger partial charge in [-0.3, -0.25) is 0 Å². The highest BCUT2D eigenvalue weighted by molar-refractivity contribution is 5.49. The van der Waals surface area contributed by atoms with Crippen LogP contribution in [0.5, 0.6) is 11.8 Å². The number of rotatable bonds is 9. The van der Waals surface area contributed by atoms with Gasteiger partial charge < -0.3 is 24.0 Å². The first-order valence-corrected chi connectivity index (χ1v) is 10.9. The van der Waals surface area contributed by atoms with Crippen LogP contribution in [0.1, 0.15) is 28.7 Å². The molecule has 4 aromatic rings. The summed E-state index contributed by atoms with van der Waals surface area (Å²) in [6, 6.07) is 15.6. The maximum absolute atomic E-state index is 10.1. The molecule has 0 fully saturated rings. The molecule has 0 aliphatic rings. The van der Waals surface area contributed by atoms with Gasteiger partial charge in [0.25, 0.3) is 0 Å². The number of ether oxygens (including phenoxy) is 2. The number of methoxy groups -OCH3 is 2. The number of hydrogen-bond donors (Lipinski definition) is 1. The number of aliphatic hydroxyl groups excluding tert-OH is 1. The predicted molar refractivity (Wildman–Crippen MR) is 129 cm³/mol. The molecule has 0 saturated carbocycles. The van der Waals surface area contributed by atoms with Crippen molar-refractivity contribution in [3.05, 3.63) is 83.7 Å². The van der Waals surface area contributed by atoms with E-state index in [0.717, 1.165) is 28.3 Å². The van der Waals surface area contributed by atoms with E-state index < -0.39 is 0 Å². The molecule has 2 heterocycles. The average molecular weight is 461 g/mol. The van der Waals surface area contributed by atoms with Crippen LogP contribution in [0.4, 0.5) is 5.95 Å². The van der Waals surface area contributed by atoms with E-state index in [9.17, 15) is 5.11 Å². The van der Waals surface area contributed by atoms with Crippen LogP contribution in [0, 0.1) is 6.92 Å². The van der Waals surface area contributed by atoms with E-state index in [2.05, 4.69) is 19.9 Å². The molecule has 34 heavy (non-hydrogen) atoms. The van der Waals surface area contributed by atoms with Crippen molar-refractivity contribution >= 4 is 5.95 Å². The molecule has 1 N–H and O–H groups in total. The van der Waals surface area contributed by atoms with Gasteiger partial charge in [0.15, 0.2) is 0 Å². The molecular weight excluding hydrogens is 432 g/mol. The van der Waals surface area contributed by atoms with E-state index in [1.807, 2.05) is 78.2 Å². The first-order valence-electron chi connectivity index (χ1n) is 10.9. The quantitative estimate of drug-likeness (QED) is 0.407. The van der Waals surface area contributed by atoms with Crippen LogP contribution in [-0.2, 0) is 6.42 Å². The third-order valence-electron chi connectivity index (χ3n) is 5.57. The Labute approximate surface area is 198 Å². The molecule has 9 nitrogen and oxygen atoms in total. The highest BCUT2D eigenvalue weighted by Crippen LogP contribution is 2.27. The lowest BCUT2D eigenvalue weighted by Gasteiger charge is -2.27. The van der Waals surface area contributed by atoms with Crippen molar-refractivity contribution in [1.29, 1.82) is 0 Å². The molecule has 0 amide bonds. The Hall–Kier alpha value is -3.98. The number of benzene rings is 2. The molecule has 0 saturated heterocycles. The van der Waals surface area contributed by atoms with Crippen LogP contribution in [0.25, 0.3) is 5.69 Å². The number of aliphatic hydroxyl groups is 1. The zero-order chi connectivity index (χ0) is 24.1. The summed E-state index contributed by atoms with van der Waals surface area (Å²) < 4.78 is 12.9. The fourth-order valence-electron chi connectivity index (χ4n) is 3.76. The average Bonchev–Trinajstić information content (AvgIpc) is 3.30. The van der Waals surface area contributed by atoms with Crippen LogP contribution in [0.3, 0.4) is 0 Å². The summed E-state index contributed by atoms with van der Waals surface area (Å²) in [5, 5.41) is 10.1. The Morgan fingerprint density at radius 1 is 1.03 bits per heavy atom. The summed E-state index contributed by atoms with van der Waals surface area (Å²) in [5.41, 5.74) is 3.76. The van der Waals surface area contributed by atoms with Crippen molar-refractivity contribution in [2.45, 2.75) is 19.4 Å². The van der Waals surface area contributed by atoms with Crippen molar-refractivity contribution in [1.82, 2.24) is 24.5 Å². The molecule has 2 aromatic carbocycles. The summed E-state index contributed by atoms with van der Waals surface area (Å²) in [4.78, 5) is 19.6. The second kappa shape index (κ2) is 10.3. The number of nitrogens with zero attached hydrogens (tertiary/aromatic N) is 6. The third kappa shape index (κ3) is 4.99. The molecular formula is C25H28N6O3. The Balaban J connectivity index is 1.63. The third-order valence-corrected chi connectivity index (χ3v) is 5.57. The number of anilines is 1. The zero-order valence-electron chi connectivity index (χ0n) is 19.7. The minimum Gasteiger partial charge on any atom is -0.495 e. The van der Waals surface area contributed by atoms with E-state index in [-0.39, 0.29) is 18.7 Å². The molecule has 0 bridgehead atoms. The SMILES string of the molecule is COc1nc(Cc2ccc(-n3cnc(C)c3)c(OC)c2)nc(N(C)[C@H](CO)c2ccccc2)n1. The van der Waals surface area contributed by atoms with Gasteiger partial charge in [0, 0.05) is 19.7 Å². The van der Waals surface area contributed by atoms with E-state index in [0.29, 0.717) is 18.2 Å². The monoisotopic (exact) mass is 460 g/mol. The van der Waals surface area contributed by atoms with Crippen LogP contribution >= 0.6 is 0 Å². The molecule has 9 heteroatoms. The molecule has 0 spiro atoms. The zero-order valence-corrected chi connectivity index (χ0v) is 19.7. The summed E-state index contributed by atoms with van der Waals surface area (Å²) in [6.07, 6.45) is 4.16. The predicted octanol–water partition coefficient (Wildman–Crippen LogP) is 3.14. The van der Waals surface area contributed by atoms with Gasteiger partial charge in [0.05, 0.1) is 44.6 Å². The molecule has 0 radical (unpaired) electrons. The van der Waals surface area contributed by atoms with Crippen molar-refractivity contribution in [3.8, 4) is 17.4 Å². The smallest absolute Gasteiger partial charge is 0.321 e.